The lowest BCUT2D eigenvalue weighted by Gasteiger charge is -2.19. The molecule has 2 aromatic carbocycles. The van der Waals surface area contributed by atoms with E-state index in [1.54, 1.807) is 18.2 Å². The smallest absolute Gasteiger partial charge is 0.293 e. The van der Waals surface area contributed by atoms with Gasteiger partial charge in [-0.3, -0.25) is 9.59 Å². The van der Waals surface area contributed by atoms with Crippen LogP contribution in [0.15, 0.2) is 48.5 Å². The van der Waals surface area contributed by atoms with Crippen molar-refractivity contribution in [1.29, 1.82) is 0 Å². The fourth-order valence-corrected chi connectivity index (χ4v) is 3.34. The number of hydrogen-bond donors (Lipinski definition) is 0. The monoisotopic (exact) mass is 530 g/mol. The van der Waals surface area contributed by atoms with E-state index in [2.05, 4.69) is 31.9 Å². The Kier molecular flexibility index (Phi) is 6.75. The van der Waals surface area contributed by atoms with Gasteiger partial charge < -0.3 is 0 Å². The summed E-state index contributed by atoms with van der Waals surface area (Å²) in [5, 5.41) is 0. The zero-order valence-corrected chi connectivity index (χ0v) is 16.8. The van der Waals surface area contributed by atoms with Gasteiger partial charge in [-0.1, -0.05) is 68.3 Å². The molecule has 0 aromatic heterocycles. The maximum atomic E-state index is 13.3. The SMILES string of the molecule is O=C(c1ccccc1)C(Br)C(Br)C(=O)c1ccc(C(F)(F)F)cc1C(F)(F)F. The number of hydrogen-bond acceptors (Lipinski definition) is 2. The average Bonchev–Trinajstić information content (AvgIpc) is 2.64. The van der Waals surface area contributed by atoms with Crippen LogP contribution in [0.25, 0.3) is 0 Å². The first-order chi connectivity index (χ1) is 12.8. The molecule has 2 aromatic rings. The summed E-state index contributed by atoms with van der Waals surface area (Å²) in [5.41, 5.74) is -4.00. The van der Waals surface area contributed by atoms with E-state index in [-0.39, 0.29) is 11.6 Å². The highest BCUT2D eigenvalue weighted by atomic mass is 79.9. The summed E-state index contributed by atoms with van der Waals surface area (Å²) in [5.74, 6) is -1.75. The van der Waals surface area contributed by atoms with E-state index < -0.39 is 50.3 Å². The van der Waals surface area contributed by atoms with E-state index in [9.17, 15) is 35.9 Å². The molecule has 0 radical (unpaired) electrons. The third kappa shape index (κ3) is 5.02. The number of carbonyl (C=O) groups is 2. The van der Waals surface area contributed by atoms with Crippen LogP contribution in [0.5, 0.6) is 0 Å². The Hall–Kier alpha value is -1.68. The summed E-state index contributed by atoms with van der Waals surface area (Å²) in [6.45, 7) is 0. The number of ketones is 2. The summed E-state index contributed by atoms with van der Waals surface area (Å²) >= 11 is 5.88. The molecule has 0 spiro atoms. The molecule has 0 fully saturated rings. The standard InChI is InChI=1S/C18H10Br2F6O2/c19-13(15(27)9-4-2-1-3-5-9)14(20)16(28)11-7-6-10(17(21,22)23)8-12(11)18(24,25)26/h1-8,13-14H. The lowest BCUT2D eigenvalue weighted by molar-refractivity contribution is -0.143. The van der Waals surface area contributed by atoms with Crippen LogP contribution in [-0.4, -0.2) is 21.2 Å². The summed E-state index contributed by atoms with van der Waals surface area (Å²) in [6.07, 6.45) is -10.2. The van der Waals surface area contributed by atoms with E-state index >= 15 is 0 Å². The van der Waals surface area contributed by atoms with E-state index in [0.29, 0.717) is 12.1 Å². The molecule has 0 aliphatic heterocycles. The first-order valence-electron chi connectivity index (χ1n) is 7.54. The lowest BCUT2D eigenvalue weighted by atomic mass is 9.95. The number of Topliss-reactive ketones (excluding diaryl/α,β-unsaturated/α-hetero) is 2. The molecule has 0 N–H and O–H groups in total. The van der Waals surface area contributed by atoms with Crippen LogP contribution in [-0.2, 0) is 12.4 Å². The van der Waals surface area contributed by atoms with Crippen molar-refractivity contribution in [3.63, 3.8) is 0 Å². The summed E-state index contributed by atoms with van der Waals surface area (Å²) in [7, 11) is 0. The van der Waals surface area contributed by atoms with Crippen molar-refractivity contribution in [3.05, 3.63) is 70.8 Å². The van der Waals surface area contributed by atoms with Gasteiger partial charge in [-0.05, 0) is 12.1 Å². The molecule has 0 bridgehead atoms. The maximum Gasteiger partial charge on any atom is 0.417 e. The quantitative estimate of drug-likeness (QED) is 0.257. The number of halogens is 8. The largest absolute Gasteiger partial charge is 0.417 e. The lowest BCUT2D eigenvalue weighted by Crippen LogP contribution is -2.32. The Labute approximate surface area is 172 Å². The molecule has 150 valence electrons. The van der Waals surface area contributed by atoms with Crippen LogP contribution >= 0.6 is 31.9 Å². The molecule has 0 heterocycles. The van der Waals surface area contributed by atoms with Gasteiger partial charge in [-0.25, -0.2) is 0 Å². The van der Waals surface area contributed by atoms with Crippen molar-refractivity contribution in [2.24, 2.45) is 0 Å². The minimum Gasteiger partial charge on any atom is -0.293 e. The Bertz CT molecular complexity index is 878. The number of alkyl halides is 8. The van der Waals surface area contributed by atoms with Gasteiger partial charge >= 0.3 is 12.4 Å². The summed E-state index contributed by atoms with van der Waals surface area (Å²) < 4.78 is 78.0. The normalized spacial score (nSPS) is 14.4. The molecule has 10 heteroatoms. The predicted molar refractivity (Wildman–Crippen MR) is 97.0 cm³/mol. The number of carbonyl (C=O) groups excluding carboxylic acids is 2. The minimum atomic E-state index is -5.19. The maximum absolute atomic E-state index is 13.3. The van der Waals surface area contributed by atoms with E-state index in [1.807, 2.05) is 0 Å². The molecule has 0 aliphatic carbocycles. The van der Waals surface area contributed by atoms with Crippen molar-refractivity contribution < 1.29 is 35.9 Å². The van der Waals surface area contributed by atoms with Crippen molar-refractivity contribution in [2.75, 3.05) is 0 Å². The Balaban J connectivity index is 2.41. The zero-order chi connectivity index (χ0) is 21.3. The van der Waals surface area contributed by atoms with Gasteiger partial charge in [-0.15, -0.1) is 0 Å². The average molecular weight is 532 g/mol. The topological polar surface area (TPSA) is 34.1 Å². The first kappa shape index (κ1) is 22.6. The van der Waals surface area contributed by atoms with Gasteiger partial charge in [0.05, 0.1) is 20.8 Å². The second kappa shape index (κ2) is 8.36. The highest BCUT2D eigenvalue weighted by Crippen LogP contribution is 2.38. The van der Waals surface area contributed by atoms with Crippen LogP contribution in [0.2, 0.25) is 0 Å². The van der Waals surface area contributed by atoms with Gasteiger partial charge in [0.1, 0.15) is 0 Å². The van der Waals surface area contributed by atoms with Crippen LogP contribution in [0.3, 0.4) is 0 Å². The molecule has 0 saturated heterocycles. The molecule has 0 saturated carbocycles. The van der Waals surface area contributed by atoms with Crippen LogP contribution in [0, 0.1) is 0 Å². The Morgan fingerprint density at radius 1 is 0.750 bits per heavy atom. The predicted octanol–water partition coefficient (Wildman–Crippen LogP) is 6.32. The van der Waals surface area contributed by atoms with E-state index in [0.717, 1.165) is 0 Å². The van der Waals surface area contributed by atoms with Crippen molar-refractivity contribution >= 4 is 43.4 Å². The van der Waals surface area contributed by atoms with Gasteiger partial charge in [0.25, 0.3) is 0 Å². The summed E-state index contributed by atoms with van der Waals surface area (Å²) in [4.78, 5) is 22.3. The second-order valence-electron chi connectivity index (χ2n) is 5.65. The molecule has 0 aliphatic rings. The molecule has 2 atom stereocenters. The Morgan fingerprint density at radius 2 is 1.29 bits per heavy atom. The fourth-order valence-electron chi connectivity index (χ4n) is 2.35. The van der Waals surface area contributed by atoms with Crippen LogP contribution in [0.4, 0.5) is 26.3 Å². The third-order valence-electron chi connectivity index (χ3n) is 3.73. The number of rotatable bonds is 5. The van der Waals surface area contributed by atoms with Gasteiger partial charge in [-0.2, -0.15) is 26.3 Å². The molecule has 2 unspecified atom stereocenters. The molecule has 2 rings (SSSR count). The highest BCUT2D eigenvalue weighted by Gasteiger charge is 2.41. The minimum absolute atomic E-state index is 0.116. The molecule has 0 amide bonds. The second-order valence-corrected chi connectivity index (χ2v) is 7.63. The van der Waals surface area contributed by atoms with Crippen molar-refractivity contribution in [3.8, 4) is 0 Å². The van der Waals surface area contributed by atoms with Gasteiger partial charge in [0.15, 0.2) is 11.6 Å². The van der Waals surface area contributed by atoms with Crippen LogP contribution in [0.1, 0.15) is 31.8 Å². The molecule has 2 nitrogen and oxygen atoms in total. The number of benzene rings is 2. The van der Waals surface area contributed by atoms with E-state index in [1.165, 1.54) is 12.1 Å². The molecular formula is C18H10Br2F6O2. The molecule has 28 heavy (non-hydrogen) atoms. The fraction of sp³-hybridized carbons (Fsp3) is 0.222. The molecular weight excluding hydrogens is 522 g/mol. The Morgan fingerprint density at radius 3 is 1.79 bits per heavy atom. The van der Waals surface area contributed by atoms with Gasteiger partial charge in [0.2, 0.25) is 0 Å². The van der Waals surface area contributed by atoms with E-state index in [4.69, 9.17) is 0 Å². The van der Waals surface area contributed by atoms with Crippen molar-refractivity contribution in [1.82, 2.24) is 0 Å². The zero-order valence-electron chi connectivity index (χ0n) is 13.6. The summed E-state index contributed by atoms with van der Waals surface area (Å²) in [6, 6.07) is 8.44. The first-order valence-corrected chi connectivity index (χ1v) is 9.37. The van der Waals surface area contributed by atoms with Crippen molar-refractivity contribution in [2.45, 2.75) is 22.0 Å². The van der Waals surface area contributed by atoms with Gasteiger partial charge in [0, 0.05) is 11.1 Å². The van der Waals surface area contributed by atoms with Crippen LogP contribution < -0.4 is 0 Å². The third-order valence-corrected chi connectivity index (χ3v) is 6.33. The highest BCUT2D eigenvalue weighted by molar-refractivity contribution is 9.12.